The zero-order valence-corrected chi connectivity index (χ0v) is 13.1. The fraction of sp³-hybridized carbons (Fsp3) is 0.385. The number of ether oxygens (including phenoxy) is 1. The molecular weight excluding hydrogens is 304 g/mol. The molecule has 0 aliphatic heterocycles. The highest BCUT2D eigenvalue weighted by Crippen LogP contribution is 2.24. The van der Waals surface area contributed by atoms with Gasteiger partial charge in [0.15, 0.2) is 0 Å². The molecule has 1 aromatic rings. The molecule has 20 heavy (non-hydrogen) atoms. The van der Waals surface area contributed by atoms with E-state index in [-0.39, 0.29) is 16.0 Å². The predicted molar refractivity (Wildman–Crippen MR) is 74.8 cm³/mol. The van der Waals surface area contributed by atoms with Crippen LogP contribution in [0.15, 0.2) is 17.0 Å². The molecule has 7 heteroatoms. The third-order valence-electron chi connectivity index (χ3n) is 2.45. The van der Waals surface area contributed by atoms with E-state index in [0.717, 1.165) is 12.1 Å². The molecule has 5 nitrogen and oxygen atoms in total. The summed E-state index contributed by atoms with van der Waals surface area (Å²) < 4.78 is 27.9. The number of hydrogen-bond donors (Lipinski definition) is 0. The molecule has 0 amide bonds. The average molecular weight is 319 g/mol. The minimum atomic E-state index is -4.05. The normalized spacial score (nSPS) is 12.1. The second kappa shape index (κ2) is 5.54. The first-order valence-electron chi connectivity index (χ1n) is 5.73. The third-order valence-corrected chi connectivity index (χ3v) is 3.78. The van der Waals surface area contributed by atoms with E-state index in [0.29, 0.717) is 11.8 Å². The van der Waals surface area contributed by atoms with E-state index in [9.17, 15) is 18.0 Å². The van der Waals surface area contributed by atoms with Gasteiger partial charge in [0.25, 0.3) is 9.05 Å². The number of aldehydes is 1. The topological polar surface area (TPSA) is 77.5 Å². The SMILES string of the molecule is Cc1c(C=O)cc(S(=O)(=O)Cl)cc1C(=O)OC(C)(C)C. The Bertz CT molecular complexity index is 656. The molecule has 0 aliphatic rings. The molecule has 0 heterocycles. The summed E-state index contributed by atoms with van der Waals surface area (Å²) in [5.41, 5.74) is -0.310. The fourth-order valence-electron chi connectivity index (χ4n) is 1.52. The first kappa shape index (κ1) is 16.7. The number of carbonyl (C=O) groups is 2. The van der Waals surface area contributed by atoms with Crippen LogP contribution in [-0.2, 0) is 13.8 Å². The van der Waals surface area contributed by atoms with Crippen LogP contribution in [0, 0.1) is 6.92 Å². The number of halogens is 1. The molecule has 0 spiro atoms. The Hall–Kier alpha value is -1.40. The summed E-state index contributed by atoms with van der Waals surface area (Å²) in [7, 11) is 1.21. The van der Waals surface area contributed by atoms with Gasteiger partial charge in [0.1, 0.15) is 11.9 Å². The van der Waals surface area contributed by atoms with Gasteiger partial charge in [0.2, 0.25) is 0 Å². The van der Waals surface area contributed by atoms with Gasteiger partial charge in [-0.15, -0.1) is 0 Å². The van der Waals surface area contributed by atoms with Crippen molar-refractivity contribution in [3.63, 3.8) is 0 Å². The standard InChI is InChI=1S/C13H15ClO5S/c1-8-9(7-15)5-10(20(14,17)18)6-11(8)12(16)19-13(2,3)4/h5-7H,1-4H3. The Morgan fingerprint density at radius 3 is 2.25 bits per heavy atom. The Morgan fingerprint density at radius 2 is 1.85 bits per heavy atom. The van der Waals surface area contributed by atoms with E-state index in [1.165, 1.54) is 6.92 Å². The predicted octanol–water partition coefficient (Wildman–Crippen LogP) is 2.69. The molecule has 110 valence electrons. The molecule has 0 saturated heterocycles. The maximum absolute atomic E-state index is 12.1. The van der Waals surface area contributed by atoms with E-state index in [2.05, 4.69) is 0 Å². The number of hydrogen-bond acceptors (Lipinski definition) is 5. The third kappa shape index (κ3) is 4.05. The lowest BCUT2D eigenvalue weighted by Gasteiger charge is -2.20. The van der Waals surface area contributed by atoms with Crippen molar-refractivity contribution in [1.29, 1.82) is 0 Å². The van der Waals surface area contributed by atoms with Gasteiger partial charge in [0, 0.05) is 16.2 Å². The van der Waals surface area contributed by atoms with Crippen LogP contribution in [0.1, 0.15) is 47.1 Å². The molecule has 0 N–H and O–H groups in total. The van der Waals surface area contributed by atoms with Crippen molar-refractivity contribution in [2.45, 2.75) is 38.2 Å². The van der Waals surface area contributed by atoms with Crippen LogP contribution in [0.25, 0.3) is 0 Å². The highest BCUT2D eigenvalue weighted by atomic mass is 35.7. The van der Waals surface area contributed by atoms with E-state index >= 15 is 0 Å². The molecule has 0 radical (unpaired) electrons. The molecule has 0 bridgehead atoms. The van der Waals surface area contributed by atoms with E-state index in [4.69, 9.17) is 15.4 Å². The highest BCUT2D eigenvalue weighted by Gasteiger charge is 2.23. The lowest BCUT2D eigenvalue weighted by atomic mass is 10.0. The monoisotopic (exact) mass is 318 g/mol. The molecule has 1 aromatic carbocycles. The number of rotatable bonds is 3. The van der Waals surface area contributed by atoms with Gasteiger partial charge in [-0.05, 0) is 45.4 Å². The number of carbonyl (C=O) groups excluding carboxylic acids is 2. The molecule has 0 aliphatic carbocycles. The molecule has 0 aromatic heterocycles. The van der Waals surface area contributed by atoms with Crippen molar-refractivity contribution in [1.82, 2.24) is 0 Å². The van der Waals surface area contributed by atoms with Crippen molar-refractivity contribution in [3.05, 3.63) is 28.8 Å². The van der Waals surface area contributed by atoms with Gasteiger partial charge in [-0.1, -0.05) is 0 Å². The summed E-state index contributed by atoms with van der Waals surface area (Å²) in [6, 6.07) is 2.23. The van der Waals surface area contributed by atoms with Gasteiger partial charge < -0.3 is 4.74 Å². The fourth-order valence-corrected chi connectivity index (χ4v) is 2.31. The second-order valence-corrected chi connectivity index (χ2v) is 7.81. The van der Waals surface area contributed by atoms with Crippen molar-refractivity contribution in [2.75, 3.05) is 0 Å². The van der Waals surface area contributed by atoms with Gasteiger partial charge in [-0.2, -0.15) is 0 Å². The smallest absolute Gasteiger partial charge is 0.338 e. The van der Waals surface area contributed by atoms with Crippen molar-refractivity contribution >= 4 is 32.0 Å². The van der Waals surface area contributed by atoms with E-state index < -0.39 is 20.6 Å². The maximum Gasteiger partial charge on any atom is 0.338 e. The summed E-state index contributed by atoms with van der Waals surface area (Å²) in [5.74, 6) is -0.708. The maximum atomic E-state index is 12.1. The van der Waals surface area contributed by atoms with Crippen LogP contribution in [0.2, 0.25) is 0 Å². The van der Waals surface area contributed by atoms with Gasteiger partial charge >= 0.3 is 5.97 Å². The van der Waals surface area contributed by atoms with Crippen molar-refractivity contribution in [3.8, 4) is 0 Å². The van der Waals surface area contributed by atoms with Gasteiger partial charge in [-0.25, -0.2) is 13.2 Å². The molecule has 0 saturated carbocycles. The second-order valence-electron chi connectivity index (χ2n) is 5.24. The van der Waals surface area contributed by atoms with Crippen LogP contribution < -0.4 is 0 Å². The number of esters is 1. The Balaban J connectivity index is 3.46. The summed E-state index contributed by atoms with van der Waals surface area (Å²) in [6.45, 7) is 6.59. The quantitative estimate of drug-likeness (QED) is 0.486. The van der Waals surface area contributed by atoms with Gasteiger partial charge in [-0.3, -0.25) is 4.79 Å². The number of benzene rings is 1. The lowest BCUT2D eigenvalue weighted by Crippen LogP contribution is -2.24. The van der Waals surface area contributed by atoms with Crippen LogP contribution >= 0.6 is 10.7 Å². The summed E-state index contributed by atoms with van der Waals surface area (Å²) in [6.07, 6.45) is 0.467. The average Bonchev–Trinajstić information content (AvgIpc) is 2.25. The molecule has 0 unspecified atom stereocenters. The van der Waals surface area contributed by atoms with Crippen molar-refractivity contribution < 1.29 is 22.7 Å². The van der Waals surface area contributed by atoms with Crippen molar-refractivity contribution in [2.24, 2.45) is 0 Å². The largest absolute Gasteiger partial charge is 0.456 e. The summed E-state index contributed by atoms with van der Waals surface area (Å²) in [4.78, 5) is 22.7. The van der Waals surface area contributed by atoms with E-state index in [1.54, 1.807) is 20.8 Å². The van der Waals surface area contributed by atoms with Crippen LogP contribution in [0.5, 0.6) is 0 Å². The Labute approximate surface area is 122 Å². The van der Waals surface area contributed by atoms with Crippen LogP contribution in [0.4, 0.5) is 0 Å². The Morgan fingerprint density at radius 1 is 1.30 bits per heavy atom. The molecule has 0 atom stereocenters. The minimum absolute atomic E-state index is 0.00347. The zero-order chi connectivity index (χ0) is 15.7. The first-order valence-corrected chi connectivity index (χ1v) is 8.04. The van der Waals surface area contributed by atoms with E-state index in [1.807, 2.05) is 0 Å². The lowest BCUT2D eigenvalue weighted by molar-refractivity contribution is 0.00684. The zero-order valence-electron chi connectivity index (χ0n) is 11.6. The first-order chi connectivity index (χ1) is 8.95. The summed E-state index contributed by atoms with van der Waals surface area (Å²) in [5, 5.41) is 0. The molecular formula is C13H15ClO5S. The molecule has 0 fully saturated rings. The van der Waals surface area contributed by atoms with Crippen LogP contribution in [-0.4, -0.2) is 26.3 Å². The van der Waals surface area contributed by atoms with Gasteiger partial charge in [0.05, 0.1) is 10.5 Å². The highest BCUT2D eigenvalue weighted by molar-refractivity contribution is 8.13. The Kier molecular flexibility index (Phi) is 4.61. The summed E-state index contributed by atoms with van der Waals surface area (Å²) >= 11 is 0. The molecule has 1 rings (SSSR count). The minimum Gasteiger partial charge on any atom is -0.456 e. The van der Waals surface area contributed by atoms with Crippen LogP contribution in [0.3, 0.4) is 0 Å².